The molecule has 0 spiro atoms. The van der Waals surface area contributed by atoms with Crippen LogP contribution in [-0.2, 0) is 16.3 Å². The summed E-state index contributed by atoms with van der Waals surface area (Å²) < 4.78 is 22.9. The molecule has 2 rings (SSSR count). The number of aliphatic imine (C=N–C) groups is 1. The Morgan fingerprint density at radius 1 is 1.17 bits per heavy atom. The lowest BCUT2D eigenvalue weighted by Gasteiger charge is -2.28. The van der Waals surface area contributed by atoms with E-state index in [1.165, 1.54) is 31.9 Å². The molecule has 0 atom stereocenters. The van der Waals surface area contributed by atoms with Crippen molar-refractivity contribution in [2.75, 3.05) is 19.8 Å². The molecule has 1 saturated carbocycles. The molecule has 1 aliphatic rings. The van der Waals surface area contributed by atoms with E-state index >= 15 is 0 Å². The van der Waals surface area contributed by atoms with Crippen molar-refractivity contribution in [2.45, 2.75) is 50.0 Å². The van der Waals surface area contributed by atoms with Gasteiger partial charge in [0.2, 0.25) is 0 Å². The average Bonchev–Trinajstić information content (AvgIpc) is 2.55. The molecule has 0 aliphatic heterocycles. The fourth-order valence-corrected chi connectivity index (χ4v) is 3.65. The van der Waals surface area contributed by atoms with Crippen LogP contribution in [-0.4, -0.2) is 40.3 Å². The van der Waals surface area contributed by atoms with Crippen molar-refractivity contribution in [3.8, 4) is 0 Å². The SMILES string of the molecule is CN=C(NCCc1ccc(S(C)(=O)=O)cc1)NC1CCC(C)CC1. The summed E-state index contributed by atoms with van der Waals surface area (Å²) in [6, 6.07) is 7.59. The van der Waals surface area contributed by atoms with Gasteiger partial charge in [-0.15, -0.1) is 0 Å². The van der Waals surface area contributed by atoms with Gasteiger partial charge >= 0.3 is 0 Å². The van der Waals surface area contributed by atoms with Gasteiger partial charge in [-0.3, -0.25) is 4.99 Å². The Bertz CT molecular complexity index is 645. The lowest BCUT2D eigenvalue weighted by molar-refractivity contribution is 0.329. The standard InChI is InChI=1S/C18H29N3O2S/c1-14-4-8-16(9-5-14)21-18(19-2)20-13-12-15-6-10-17(11-7-15)24(3,22)23/h6-7,10-11,14,16H,4-5,8-9,12-13H2,1-3H3,(H2,19,20,21). The van der Waals surface area contributed by atoms with Crippen LogP contribution in [0.25, 0.3) is 0 Å². The summed E-state index contributed by atoms with van der Waals surface area (Å²) in [4.78, 5) is 4.66. The second-order valence-electron chi connectivity index (χ2n) is 6.77. The summed E-state index contributed by atoms with van der Waals surface area (Å²) in [6.45, 7) is 3.08. The number of hydrogen-bond acceptors (Lipinski definition) is 3. The minimum absolute atomic E-state index is 0.364. The second-order valence-corrected chi connectivity index (χ2v) is 8.78. The van der Waals surface area contributed by atoms with E-state index in [1.807, 2.05) is 12.1 Å². The summed E-state index contributed by atoms with van der Waals surface area (Å²) in [5.74, 6) is 1.69. The van der Waals surface area contributed by atoms with Crippen LogP contribution in [0.1, 0.15) is 38.2 Å². The van der Waals surface area contributed by atoms with Gasteiger partial charge < -0.3 is 10.6 Å². The van der Waals surface area contributed by atoms with E-state index in [1.54, 1.807) is 19.2 Å². The lowest BCUT2D eigenvalue weighted by atomic mass is 9.87. The Hall–Kier alpha value is -1.56. The Morgan fingerprint density at radius 2 is 1.79 bits per heavy atom. The molecule has 6 heteroatoms. The number of benzene rings is 1. The monoisotopic (exact) mass is 351 g/mol. The van der Waals surface area contributed by atoms with Gasteiger partial charge in [0.1, 0.15) is 0 Å². The topological polar surface area (TPSA) is 70.6 Å². The van der Waals surface area contributed by atoms with Crippen LogP contribution >= 0.6 is 0 Å². The van der Waals surface area contributed by atoms with Crippen molar-refractivity contribution in [1.82, 2.24) is 10.6 Å². The van der Waals surface area contributed by atoms with Gasteiger partial charge in [0.05, 0.1) is 4.90 Å². The lowest BCUT2D eigenvalue weighted by Crippen LogP contribution is -2.45. The largest absolute Gasteiger partial charge is 0.356 e. The summed E-state index contributed by atoms with van der Waals surface area (Å²) >= 11 is 0. The number of guanidine groups is 1. The average molecular weight is 352 g/mol. The summed E-state index contributed by atoms with van der Waals surface area (Å²) in [5.41, 5.74) is 1.11. The molecule has 0 unspecified atom stereocenters. The molecule has 0 aromatic heterocycles. The first-order chi connectivity index (χ1) is 11.4. The van der Waals surface area contributed by atoms with E-state index in [-0.39, 0.29) is 0 Å². The quantitative estimate of drug-likeness (QED) is 0.631. The number of nitrogens with zero attached hydrogens (tertiary/aromatic N) is 1. The van der Waals surface area contributed by atoms with Crippen LogP contribution in [0.3, 0.4) is 0 Å². The zero-order valence-electron chi connectivity index (χ0n) is 14.9. The Kier molecular flexibility index (Phi) is 6.66. The smallest absolute Gasteiger partial charge is 0.191 e. The van der Waals surface area contributed by atoms with Crippen molar-refractivity contribution < 1.29 is 8.42 Å². The molecule has 0 bridgehead atoms. The van der Waals surface area contributed by atoms with Crippen molar-refractivity contribution in [3.63, 3.8) is 0 Å². The first kappa shape index (κ1) is 18.8. The Labute approximate surface area is 145 Å². The van der Waals surface area contributed by atoms with Gasteiger partial charge in [0.15, 0.2) is 15.8 Å². The minimum atomic E-state index is -3.12. The first-order valence-corrected chi connectivity index (χ1v) is 10.5. The highest BCUT2D eigenvalue weighted by Crippen LogP contribution is 2.23. The highest BCUT2D eigenvalue weighted by Gasteiger charge is 2.18. The van der Waals surface area contributed by atoms with E-state index in [2.05, 4.69) is 22.5 Å². The van der Waals surface area contributed by atoms with Crippen molar-refractivity contribution in [1.29, 1.82) is 0 Å². The molecule has 2 N–H and O–H groups in total. The third-order valence-corrected chi connectivity index (χ3v) is 5.77. The predicted octanol–water partition coefficient (Wildman–Crippen LogP) is 2.38. The van der Waals surface area contributed by atoms with Crippen LogP contribution in [0.4, 0.5) is 0 Å². The fraction of sp³-hybridized carbons (Fsp3) is 0.611. The predicted molar refractivity (Wildman–Crippen MR) is 99.2 cm³/mol. The first-order valence-electron chi connectivity index (χ1n) is 8.64. The molecular weight excluding hydrogens is 322 g/mol. The maximum Gasteiger partial charge on any atom is 0.191 e. The van der Waals surface area contributed by atoms with Gasteiger partial charge in [-0.05, 0) is 55.7 Å². The maximum absolute atomic E-state index is 11.5. The molecule has 134 valence electrons. The van der Waals surface area contributed by atoms with Gasteiger partial charge in [-0.2, -0.15) is 0 Å². The van der Waals surface area contributed by atoms with E-state index in [4.69, 9.17) is 0 Å². The normalized spacial score (nSPS) is 22.2. The molecule has 1 aromatic carbocycles. The third-order valence-electron chi connectivity index (χ3n) is 4.64. The molecule has 0 heterocycles. The molecule has 0 radical (unpaired) electrons. The van der Waals surface area contributed by atoms with Gasteiger partial charge in [-0.25, -0.2) is 8.42 Å². The zero-order chi connectivity index (χ0) is 17.6. The van der Waals surface area contributed by atoms with Crippen molar-refractivity contribution >= 4 is 15.8 Å². The summed E-state index contributed by atoms with van der Waals surface area (Å²) in [7, 11) is -1.33. The Balaban J connectivity index is 1.77. The van der Waals surface area contributed by atoms with E-state index < -0.39 is 9.84 Å². The van der Waals surface area contributed by atoms with E-state index in [0.717, 1.165) is 30.4 Å². The molecule has 1 aromatic rings. The zero-order valence-corrected chi connectivity index (χ0v) is 15.7. The highest BCUT2D eigenvalue weighted by atomic mass is 32.2. The van der Waals surface area contributed by atoms with E-state index in [9.17, 15) is 8.42 Å². The van der Waals surface area contributed by atoms with E-state index in [0.29, 0.717) is 10.9 Å². The molecule has 1 fully saturated rings. The second kappa shape index (κ2) is 8.51. The number of sulfone groups is 1. The van der Waals surface area contributed by atoms with Crippen LogP contribution in [0.2, 0.25) is 0 Å². The molecule has 5 nitrogen and oxygen atoms in total. The van der Waals surface area contributed by atoms with Crippen LogP contribution in [0.15, 0.2) is 34.2 Å². The van der Waals surface area contributed by atoms with Crippen molar-refractivity contribution in [2.24, 2.45) is 10.9 Å². The molecule has 1 aliphatic carbocycles. The third kappa shape index (κ3) is 5.82. The molecule has 24 heavy (non-hydrogen) atoms. The fourth-order valence-electron chi connectivity index (χ4n) is 3.02. The summed E-state index contributed by atoms with van der Waals surface area (Å²) in [5, 5.41) is 6.84. The van der Waals surface area contributed by atoms with Gasteiger partial charge in [-0.1, -0.05) is 19.1 Å². The number of rotatable bonds is 5. The molecule has 0 amide bonds. The minimum Gasteiger partial charge on any atom is -0.356 e. The highest BCUT2D eigenvalue weighted by molar-refractivity contribution is 7.90. The summed E-state index contributed by atoms with van der Waals surface area (Å²) in [6.07, 6.45) is 7.02. The number of hydrogen-bond donors (Lipinski definition) is 2. The van der Waals surface area contributed by atoms with Gasteiger partial charge in [0, 0.05) is 25.9 Å². The number of nitrogens with one attached hydrogen (secondary N) is 2. The van der Waals surface area contributed by atoms with Gasteiger partial charge in [0.25, 0.3) is 0 Å². The molecule has 0 saturated heterocycles. The van der Waals surface area contributed by atoms with Crippen molar-refractivity contribution in [3.05, 3.63) is 29.8 Å². The Morgan fingerprint density at radius 3 is 2.33 bits per heavy atom. The van der Waals surface area contributed by atoms with Crippen LogP contribution in [0.5, 0.6) is 0 Å². The van der Waals surface area contributed by atoms with Crippen LogP contribution in [0, 0.1) is 5.92 Å². The van der Waals surface area contributed by atoms with Crippen LogP contribution < -0.4 is 10.6 Å². The maximum atomic E-state index is 11.5. The molecular formula is C18H29N3O2S.